The van der Waals surface area contributed by atoms with Gasteiger partial charge < -0.3 is 15.4 Å². The molecule has 6 nitrogen and oxygen atoms in total. The monoisotopic (exact) mass is 381 g/mol. The smallest absolute Gasteiger partial charge is 0.379 e. The standard InChI is InChI=1S/C17H34F3N5O/c1-5-21-16(22-6-7-24(4)13-17(18,19)20)23-12-15(14(2)3)25-8-10-26-11-9-25/h14-15H,5-13H2,1-4H3,(H2,21,22,23). The summed E-state index contributed by atoms with van der Waals surface area (Å²) in [4.78, 5) is 8.31. The Kier molecular flexibility index (Phi) is 10.3. The van der Waals surface area contributed by atoms with Gasteiger partial charge in [0.15, 0.2) is 5.96 Å². The van der Waals surface area contributed by atoms with Crippen LogP contribution in [0.2, 0.25) is 0 Å². The fourth-order valence-electron chi connectivity index (χ4n) is 2.93. The van der Waals surface area contributed by atoms with Gasteiger partial charge in [-0.2, -0.15) is 13.2 Å². The van der Waals surface area contributed by atoms with Crippen molar-refractivity contribution in [2.75, 3.05) is 66.1 Å². The van der Waals surface area contributed by atoms with Crippen LogP contribution in [-0.4, -0.2) is 94.1 Å². The number of halogens is 3. The maximum Gasteiger partial charge on any atom is 0.401 e. The average Bonchev–Trinajstić information content (AvgIpc) is 2.54. The number of alkyl halides is 3. The van der Waals surface area contributed by atoms with Crippen LogP contribution >= 0.6 is 0 Å². The molecule has 0 spiro atoms. The summed E-state index contributed by atoms with van der Waals surface area (Å²) in [6, 6.07) is 0.322. The molecule has 0 aliphatic carbocycles. The van der Waals surface area contributed by atoms with Crippen LogP contribution in [0.25, 0.3) is 0 Å². The van der Waals surface area contributed by atoms with E-state index in [1.54, 1.807) is 0 Å². The van der Waals surface area contributed by atoms with Crippen LogP contribution in [0, 0.1) is 5.92 Å². The van der Waals surface area contributed by atoms with Gasteiger partial charge in [0.1, 0.15) is 0 Å². The number of ether oxygens (including phenoxy) is 1. The van der Waals surface area contributed by atoms with Gasteiger partial charge in [0.25, 0.3) is 0 Å². The van der Waals surface area contributed by atoms with Gasteiger partial charge in [0.05, 0.1) is 26.3 Å². The molecule has 9 heteroatoms. The van der Waals surface area contributed by atoms with Gasteiger partial charge in [0.2, 0.25) is 0 Å². The van der Waals surface area contributed by atoms with Crippen LogP contribution in [0.5, 0.6) is 0 Å². The molecule has 0 aromatic rings. The fourth-order valence-corrected chi connectivity index (χ4v) is 2.93. The molecule has 1 saturated heterocycles. The summed E-state index contributed by atoms with van der Waals surface area (Å²) < 4.78 is 42.5. The lowest BCUT2D eigenvalue weighted by Gasteiger charge is -2.36. The van der Waals surface area contributed by atoms with E-state index in [0.717, 1.165) is 26.3 Å². The van der Waals surface area contributed by atoms with Crippen molar-refractivity contribution in [2.45, 2.75) is 33.0 Å². The molecule has 1 aliphatic heterocycles. The van der Waals surface area contributed by atoms with E-state index in [1.807, 2.05) is 6.92 Å². The molecule has 0 saturated carbocycles. The van der Waals surface area contributed by atoms with Crippen molar-refractivity contribution in [1.29, 1.82) is 0 Å². The Morgan fingerprint density at radius 1 is 1.23 bits per heavy atom. The first kappa shape index (κ1) is 23.0. The van der Waals surface area contributed by atoms with Crippen molar-refractivity contribution in [1.82, 2.24) is 20.4 Å². The van der Waals surface area contributed by atoms with Crippen molar-refractivity contribution >= 4 is 5.96 Å². The minimum absolute atomic E-state index is 0.293. The minimum Gasteiger partial charge on any atom is -0.379 e. The third kappa shape index (κ3) is 9.59. The van der Waals surface area contributed by atoms with Crippen LogP contribution in [0.3, 0.4) is 0 Å². The summed E-state index contributed by atoms with van der Waals surface area (Å²) in [6.07, 6.45) is -4.17. The SMILES string of the molecule is CCNC(=NCC(C(C)C)N1CCOCC1)NCCN(C)CC(F)(F)F. The number of morpholine rings is 1. The quantitative estimate of drug-likeness (QED) is 0.467. The van der Waals surface area contributed by atoms with E-state index in [0.29, 0.717) is 44.1 Å². The first-order valence-electron chi connectivity index (χ1n) is 9.32. The largest absolute Gasteiger partial charge is 0.401 e. The highest BCUT2D eigenvalue weighted by Crippen LogP contribution is 2.15. The number of hydrogen-bond donors (Lipinski definition) is 2. The fraction of sp³-hybridized carbons (Fsp3) is 0.941. The van der Waals surface area contributed by atoms with Crippen molar-refractivity contribution in [3.05, 3.63) is 0 Å². The van der Waals surface area contributed by atoms with Crippen LogP contribution in [0.1, 0.15) is 20.8 Å². The third-order valence-electron chi connectivity index (χ3n) is 4.30. The second-order valence-corrected chi connectivity index (χ2v) is 6.96. The lowest BCUT2D eigenvalue weighted by atomic mass is 10.0. The summed E-state index contributed by atoms with van der Waals surface area (Å²) in [5, 5.41) is 6.28. The van der Waals surface area contributed by atoms with Crippen molar-refractivity contribution < 1.29 is 17.9 Å². The molecule has 1 unspecified atom stereocenters. The van der Waals surface area contributed by atoms with Gasteiger partial charge in [-0.1, -0.05) is 13.8 Å². The number of guanidine groups is 1. The molecule has 0 aromatic carbocycles. The van der Waals surface area contributed by atoms with E-state index in [2.05, 4.69) is 34.4 Å². The summed E-state index contributed by atoms with van der Waals surface area (Å²) >= 11 is 0. The third-order valence-corrected chi connectivity index (χ3v) is 4.30. The Morgan fingerprint density at radius 3 is 2.42 bits per heavy atom. The van der Waals surface area contributed by atoms with Gasteiger partial charge in [0, 0.05) is 38.8 Å². The lowest BCUT2D eigenvalue weighted by molar-refractivity contribution is -0.142. The molecule has 0 bridgehead atoms. The molecule has 0 radical (unpaired) electrons. The minimum atomic E-state index is -4.17. The molecule has 0 amide bonds. The zero-order valence-electron chi connectivity index (χ0n) is 16.4. The van der Waals surface area contributed by atoms with Crippen LogP contribution in [0.4, 0.5) is 13.2 Å². The van der Waals surface area contributed by atoms with E-state index < -0.39 is 12.7 Å². The topological polar surface area (TPSA) is 52.1 Å². The molecule has 1 rings (SSSR count). The Hall–Kier alpha value is -1.06. The summed E-state index contributed by atoms with van der Waals surface area (Å²) in [5.41, 5.74) is 0. The highest BCUT2D eigenvalue weighted by atomic mass is 19.4. The molecule has 1 aliphatic rings. The number of aliphatic imine (C=N–C) groups is 1. The van der Waals surface area contributed by atoms with Gasteiger partial charge >= 0.3 is 6.18 Å². The van der Waals surface area contributed by atoms with Crippen molar-refractivity contribution in [3.63, 3.8) is 0 Å². The predicted molar refractivity (Wildman–Crippen MR) is 98.6 cm³/mol. The molecule has 2 N–H and O–H groups in total. The van der Waals surface area contributed by atoms with Gasteiger partial charge in [-0.3, -0.25) is 14.8 Å². The number of nitrogens with zero attached hydrogens (tertiary/aromatic N) is 3. The van der Waals surface area contributed by atoms with E-state index in [9.17, 15) is 13.2 Å². The number of hydrogen-bond acceptors (Lipinski definition) is 4. The molecule has 1 heterocycles. The molecule has 154 valence electrons. The Labute approximate surface area is 155 Å². The second kappa shape index (κ2) is 11.6. The first-order chi connectivity index (χ1) is 12.2. The zero-order valence-corrected chi connectivity index (χ0v) is 16.4. The Bertz CT molecular complexity index is 412. The number of rotatable bonds is 9. The van der Waals surface area contributed by atoms with Gasteiger partial charge in [-0.05, 0) is 19.9 Å². The van der Waals surface area contributed by atoms with Crippen molar-refractivity contribution in [3.8, 4) is 0 Å². The molecule has 26 heavy (non-hydrogen) atoms. The Morgan fingerprint density at radius 2 is 1.88 bits per heavy atom. The summed E-state index contributed by atoms with van der Waals surface area (Å²) in [7, 11) is 1.46. The molecule has 1 atom stereocenters. The number of likely N-dealkylation sites (N-methyl/N-ethyl adjacent to an activating group) is 1. The number of nitrogens with one attached hydrogen (secondary N) is 2. The van der Waals surface area contributed by atoms with Gasteiger partial charge in [-0.25, -0.2) is 0 Å². The summed E-state index contributed by atoms with van der Waals surface area (Å²) in [5.74, 6) is 1.10. The summed E-state index contributed by atoms with van der Waals surface area (Å²) in [6.45, 7) is 10.8. The molecule has 1 fully saturated rings. The van der Waals surface area contributed by atoms with E-state index in [4.69, 9.17) is 4.74 Å². The van der Waals surface area contributed by atoms with E-state index >= 15 is 0 Å². The van der Waals surface area contributed by atoms with Crippen LogP contribution in [0.15, 0.2) is 4.99 Å². The maximum atomic E-state index is 12.4. The lowest BCUT2D eigenvalue weighted by Crippen LogP contribution is -2.48. The first-order valence-corrected chi connectivity index (χ1v) is 9.32. The highest BCUT2D eigenvalue weighted by Gasteiger charge is 2.29. The van der Waals surface area contributed by atoms with Gasteiger partial charge in [-0.15, -0.1) is 0 Å². The highest BCUT2D eigenvalue weighted by molar-refractivity contribution is 5.79. The van der Waals surface area contributed by atoms with E-state index in [1.165, 1.54) is 11.9 Å². The maximum absolute atomic E-state index is 12.4. The predicted octanol–water partition coefficient (Wildman–Crippen LogP) is 1.39. The van der Waals surface area contributed by atoms with Crippen LogP contribution < -0.4 is 10.6 Å². The molecular formula is C17H34F3N5O. The zero-order chi connectivity index (χ0) is 19.6. The average molecular weight is 381 g/mol. The molecular weight excluding hydrogens is 347 g/mol. The molecule has 0 aromatic heterocycles. The normalized spacial score (nSPS) is 18.4. The van der Waals surface area contributed by atoms with Crippen LogP contribution in [-0.2, 0) is 4.74 Å². The Balaban J connectivity index is 2.52. The second-order valence-electron chi connectivity index (χ2n) is 6.96. The van der Waals surface area contributed by atoms with Crippen molar-refractivity contribution in [2.24, 2.45) is 10.9 Å². The van der Waals surface area contributed by atoms with E-state index in [-0.39, 0.29) is 0 Å².